The number of nitriles is 1. The zero-order valence-corrected chi connectivity index (χ0v) is 13.5. The summed E-state index contributed by atoms with van der Waals surface area (Å²) in [5, 5.41) is 11.6. The van der Waals surface area contributed by atoms with E-state index in [0.717, 1.165) is 5.69 Å². The van der Waals surface area contributed by atoms with E-state index in [4.69, 9.17) is 4.74 Å². The highest BCUT2D eigenvalue weighted by molar-refractivity contribution is 7.10. The van der Waals surface area contributed by atoms with Crippen LogP contribution >= 0.6 is 11.3 Å². The number of thiazole rings is 1. The number of carbonyl (C=O) groups is 1. The predicted molar refractivity (Wildman–Crippen MR) is 88.1 cm³/mol. The first-order valence-electron chi connectivity index (χ1n) is 7.08. The smallest absolute Gasteiger partial charge is 0.237 e. The van der Waals surface area contributed by atoms with Gasteiger partial charge in [-0.15, -0.1) is 11.3 Å². The van der Waals surface area contributed by atoms with Crippen LogP contribution in [0.25, 0.3) is 0 Å². The number of hydrogen-bond acceptors (Lipinski definition) is 7. The summed E-state index contributed by atoms with van der Waals surface area (Å²) in [7, 11) is 0. The molecule has 24 heavy (non-hydrogen) atoms. The molecule has 2 heterocycles. The highest BCUT2D eigenvalue weighted by Crippen LogP contribution is 2.24. The first-order chi connectivity index (χ1) is 11.7. The molecule has 6 nitrogen and oxygen atoms in total. The van der Waals surface area contributed by atoms with Crippen molar-refractivity contribution in [1.29, 1.82) is 5.26 Å². The number of aryl methyl sites for hydroxylation is 1. The molecule has 0 N–H and O–H groups in total. The Morgan fingerprint density at radius 2 is 2.04 bits per heavy atom. The second-order valence-corrected chi connectivity index (χ2v) is 5.80. The van der Waals surface area contributed by atoms with Crippen LogP contribution in [-0.2, 0) is 0 Å². The summed E-state index contributed by atoms with van der Waals surface area (Å²) in [5.74, 6) is -0.500. The second-order valence-electron chi connectivity index (χ2n) is 4.91. The van der Waals surface area contributed by atoms with E-state index < -0.39 is 11.7 Å². The predicted octanol–water partition coefficient (Wildman–Crippen LogP) is 3.52. The molecule has 3 rings (SSSR count). The van der Waals surface area contributed by atoms with Gasteiger partial charge in [-0.25, -0.2) is 15.0 Å². The molecule has 0 aliphatic rings. The van der Waals surface area contributed by atoms with Gasteiger partial charge in [-0.1, -0.05) is 18.2 Å². The van der Waals surface area contributed by atoms with Crippen molar-refractivity contribution in [2.75, 3.05) is 0 Å². The SMILES string of the molecule is Cc1csc([C@@H](C#N)C(=O)c2cnc(Oc3ccccc3)cn2)n1. The lowest BCUT2D eigenvalue weighted by Gasteiger charge is -2.06. The van der Waals surface area contributed by atoms with Gasteiger partial charge in [0, 0.05) is 11.1 Å². The number of Topliss-reactive ketones (excluding diaryl/α,β-unsaturated/α-hetero) is 1. The van der Waals surface area contributed by atoms with Crippen LogP contribution < -0.4 is 4.74 Å². The van der Waals surface area contributed by atoms with Gasteiger partial charge in [0.2, 0.25) is 11.7 Å². The average molecular weight is 336 g/mol. The van der Waals surface area contributed by atoms with Crippen LogP contribution in [-0.4, -0.2) is 20.7 Å². The maximum atomic E-state index is 12.5. The average Bonchev–Trinajstić information content (AvgIpc) is 3.03. The number of hydrogen-bond donors (Lipinski definition) is 0. The lowest BCUT2D eigenvalue weighted by atomic mass is 10.0. The van der Waals surface area contributed by atoms with E-state index >= 15 is 0 Å². The Morgan fingerprint density at radius 3 is 2.62 bits per heavy atom. The minimum Gasteiger partial charge on any atom is -0.438 e. The summed E-state index contributed by atoms with van der Waals surface area (Å²) >= 11 is 1.28. The van der Waals surface area contributed by atoms with Gasteiger partial charge in [0.05, 0.1) is 18.5 Å². The summed E-state index contributed by atoms with van der Waals surface area (Å²) in [6.07, 6.45) is 2.67. The van der Waals surface area contributed by atoms with Gasteiger partial charge in [0.1, 0.15) is 16.5 Å². The van der Waals surface area contributed by atoms with Crippen molar-refractivity contribution < 1.29 is 9.53 Å². The van der Waals surface area contributed by atoms with E-state index in [9.17, 15) is 10.1 Å². The van der Waals surface area contributed by atoms with E-state index in [-0.39, 0.29) is 11.6 Å². The first-order valence-corrected chi connectivity index (χ1v) is 7.96. The van der Waals surface area contributed by atoms with Gasteiger partial charge in [-0.3, -0.25) is 4.79 Å². The molecule has 2 aromatic heterocycles. The Hall–Kier alpha value is -3.11. The van der Waals surface area contributed by atoms with Crippen LogP contribution in [0.4, 0.5) is 0 Å². The van der Waals surface area contributed by atoms with Crippen molar-refractivity contribution in [2.45, 2.75) is 12.8 Å². The quantitative estimate of drug-likeness (QED) is 0.662. The van der Waals surface area contributed by atoms with Gasteiger partial charge in [0.15, 0.2) is 5.92 Å². The minimum absolute atomic E-state index is 0.106. The topological polar surface area (TPSA) is 88.8 Å². The third kappa shape index (κ3) is 3.45. The number of aromatic nitrogens is 3. The lowest BCUT2D eigenvalue weighted by Crippen LogP contribution is -2.13. The Kier molecular flexibility index (Phi) is 4.59. The molecule has 0 unspecified atom stereocenters. The Bertz CT molecular complexity index is 885. The highest BCUT2D eigenvalue weighted by Gasteiger charge is 2.26. The summed E-state index contributed by atoms with van der Waals surface area (Å²) < 4.78 is 5.53. The van der Waals surface area contributed by atoms with E-state index in [1.54, 1.807) is 17.5 Å². The Labute approximate surface area is 142 Å². The van der Waals surface area contributed by atoms with E-state index in [2.05, 4.69) is 15.0 Å². The third-order valence-corrected chi connectivity index (χ3v) is 4.15. The molecule has 0 radical (unpaired) electrons. The fourth-order valence-electron chi connectivity index (χ4n) is 1.98. The summed E-state index contributed by atoms with van der Waals surface area (Å²) in [6, 6.07) is 11.1. The highest BCUT2D eigenvalue weighted by atomic mass is 32.1. The molecule has 7 heteroatoms. The molecule has 0 aliphatic carbocycles. The van der Waals surface area contributed by atoms with Crippen molar-refractivity contribution >= 4 is 17.1 Å². The van der Waals surface area contributed by atoms with Crippen LogP contribution in [0.2, 0.25) is 0 Å². The normalized spacial score (nSPS) is 11.5. The lowest BCUT2D eigenvalue weighted by molar-refractivity contribution is 0.0973. The fraction of sp³-hybridized carbons (Fsp3) is 0.118. The van der Waals surface area contributed by atoms with Crippen molar-refractivity contribution in [1.82, 2.24) is 15.0 Å². The van der Waals surface area contributed by atoms with Gasteiger partial charge in [0.25, 0.3) is 0 Å². The molecule has 0 aliphatic heterocycles. The molecule has 0 saturated carbocycles. The van der Waals surface area contributed by atoms with Crippen molar-refractivity contribution in [2.24, 2.45) is 0 Å². The minimum atomic E-state index is -0.973. The molecule has 0 amide bonds. The molecule has 1 atom stereocenters. The summed E-state index contributed by atoms with van der Waals surface area (Å²) in [4.78, 5) is 24.8. The van der Waals surface area contributed by atoms with Crippen molar-refractivity contribution in [3.8, 4) is 17.7 Å². The van der Waals surface area contributed by atoms with Gasteiger partial charge in [-0.2, -0.15) is 5.26 Å². The molecule has 1 aromatic carbocycles. The van der Waals surface area contributed by atoms with Crippen LogP contribution in [0.1, 0.15) is 27.1 Å². The zero-order valence-electron chi connectivity index (χ0n) is 12.7. The fourth-order valence-corrected chi connectivity index (χ4v) is 2.82. The molecular formula is C17H12N4O2S. The first kappa shape index (κ1) is 15.8. The molecule has 0 spiro atoms. The van der Waals surface area contributed by atoms with E-state index in [1.807, 2.05) is 31.2 Å². The van der Waals surface area contributed by atoms with Crippen LogP contribution in [0, 0.1) is 18.3 Å². The number of benzene rings is 1. The molecule has 0 saturated heterocycles. The largest absolute Gasteiger partial charge is 0.438 e. The molecule has 118 valence electrons. The number of nitrogens with zero attached hydrogens (tertiary/aromatic N) is 4. The Morgan fingerprint density at radius 1 is 1.25 bits per heavy atom. The maximum absolute atomic E-state index is 12.5. The van der Waals surface area contributed by atoms with E-state index in [0.29, 0.717) is 10.8 Å². The van der Waals surface area contributed by atoms with Crippen LogP contribution in [0.5, 0.6) is 11.6 Å². The monoisotopic (exact) mass is 336 g/mol. The van der Waals surface area contributed by atoms with Gasteiger partial charge < -0.3 is 4.74 Å². The summed E-state index contributed by atoms with van der Waals surface area (Å²) in [6.45, 7) is 1.81. The number of carbonyl (C=O) groups excluding carboxylic acids is 1. The molecule has 0 bridgehead atoms. The number of ether oxygens (including phenoxy) is 1. The number of rotatable bonds is 5. The van der Waals surface area contributed by atoms with Gasteiger partial charge in [-0.05, 0) is 19.1 Å². The molecule has 0 fully saturated rings. The standard InChI is InChI=1S/C17H12N4O2S/c1-11-10-24-17(21-11)13(7-18)16(22)14-8-20-15(9-19-14)23-12-5-3-2-4-6-12/h2-6,8-10,13H,1H3/t13-/m0/s1. The zero-order chi connectivity index (χ0) is 16.9. The number of ketones is 1. The van der Waals surface area contributed by atoms with Gasteiger partial charge >= 0.3 is 0 Å². The number of para-hydroxylation sites is 1. The molecule has 3 aromatic rings. The van der Waals surface area contributed by atoms with Crippen LogP contribution in [0.3, 0.4) is 0 Å². The maximum Gasteiger partial charge on any atom is 0.237 e. The van der Waals surface area contributed by atoms with Crippen molar-refractivity contribution in [3.05, 3.63) is 64.5 Å². The third-order valence-electron chi connectivity index (χ3n) is 3.12. The second kappa shape index (κ2) is 6.98. The summed E-state index contributed by atoms with van der Waals surface area (Å²) in [5.41, 5.74) is 0.885. The molecular weight excluding hydrogens is 324 g/mol. The van der Waals surface area contributed by atoms with Crippen LogP contribution in [0.15, 0.2) is 48.1 Å². The Balaban J connectivity index is 1.77. The van der Waals surface area contributed by atoms with Crippen molar-refractivity contribution in [3.63, 3.8) is 0 Å². The van der Waals surface area contributed by atoms with E-state index in [1.165, 1.54) is 23.7 Å².